The van der Waals surface area contributed by atoms with Crippen LogP contribution in [0.4, 0.5) is 0 Å². The van der Waals surface area contributed by atoms with E-state index < -0.39 is 0 Å². The number of benzene rings is 1. The number of hydrogen-bond donors (Lipinski definition) is 2. The molecule has 0 aliphatic rings. The standard InChI is InChI=1S/C14H23NOS/c1-5-12(15-10-14(2,3)17-4)11-8-6-7-9-13(11)16/h6-9,12,15-16H,5,10H2,1-4H3. The number of hydrogen-bond acceptors (Lipinski definition) is 3. The summed E-state index contributed by atoms with van der Waals surface area (Å²) < 4.78 is 0.220. The topological polar surface area (TPSA) is 32.3 Å². The number of nitrogens with one attached hydrogen (secondary N) is 1. The summed E-state index contributed by atoms with van der Waals surface area (Å²) in [6.07, 6.45) is 3.10. The SMILES string of the molecule is CCC(NCC(C)(C)SC)c1ccccc1O. The van der Waals surface area contributed by atoms with Crippen LogP contribution in [0, 0.1) is 0 Å². The van der Waals surface area contributed by atoms with Crippen LogP contribution in [0.25, 0.3) is 0 Å². The average Bonchev–Trinajstić information content (AvgIpc) is 2.32. The van der Waals surface area contributed by atoms with Crippen molar-refractivity contribution >= 4 is 11.8 Å². The molecule has 96 valence electrons. The minimum atomic E-state index is 0.220. The number of aromatic hydroxyl groups is 1. The molecule has 1 atom stereocenters. The first kappa shape index (κ1) is 14.4. The molecular weight excluding hydrogens is 230 g/mol. The van der Waals surface area contributed by atoms with E-state index in [1.54, 1.807) is 6.07 Å². The Bertz CT molecular complexity index is 352. The molecule has 0 fully saturated rings. The molecule has 2 nitrogen and oxygen atoms in total. The fourth-order valence-corrected chi connectivity index (χ4v) is 1.93. The van der Waals surface area contributed by atoms with Gasteiger partial charge >= 0.3 is 0 Å². The molecule has 0 aliphatic heterocycles. The molecule has 3 heteroatoms. The molecule has 0 aliphatic carbocycles. The molecular formula is C14H23NOS. The maximum atomic E-state index is 9.85. The second-order valence-electron chi connectivity index (χ2n) is 4.86. The minimum absolute atomic E-state index is 0.220. The quantitative estimate of drug-likeness (QED) is 0.813. The average molecular weight is 253 g/mol. The first-order valence-electron chi connectivity index (χ1n) is 6.06. The van der Waals surface area contributed by atoms with Crippen molar-refractivity contribution in [2.75, 3.05) is 12.8 Å². The highest BCUT2D eigenvalue weighted by Gasteiger charge is 2.19. The van der Waals surface area contributed by atoms with Crippen molar-refractivity contribution in [3.05, 3.63) is 29.8 Å². The molecule has 1 rings (SSSR count). The number of phenols is 1. The largest absolute Gasteiger partial charge is 0.508 e. The van der Waals surface area contributed by atoms with Gasteiger partial charge in [0.05, 0.1) is 0 Å². The lowest BCUT2D eigenvalue weighted by Gasteiger charge is -2.26. The third kappa shape index (κ3) is 4.25. The van der Waals surface area contributed by atoms with E-state index in [9.17, 15) is 5.11 Å². The van der Waals surface area contributed by atoms with Crippen LogP contribution in [0.1, 0.15) is 38.8 Å². The van der Waals surface area contributed by atoms with Crippen LogP contribution in [-0.2, 0) is 0 Å². The predicted molar refractivity (Wildman–Crippen MR) is 76.7 cm³/mol. The molecule has 0 heterocycles. The zero-order valence-corrected chi connectivity index (χ0v) is 12.0. The van der Waals surface area contributed by atoms with Gasteiger partial charge in [-0.3, -0.25) is 0 Å². The van der Waals surface area contributed by atoms with Crippen LogP contribution in [0.5, 0.6) is 5.75 Å². The third-order valence-corrected chi connectivity index (χ3v) is 4.30. The Morgan fingerprint density at radius 1 is 1.35 bits per heavy atom. The van der Waals surface area contributed by atoms with Gasteiger partial charge < -0.3 is 10.4 Å². The summed E-state index contributed by atoms with van der Waals surface area (Å²) in [6.45, 7) is 7.52. The van der Waals surface area contributed by atoms with Gasteiger partial charge in [-0.05, 0) is 32.6 Å². The Morgan fingerprint density at radius 3 is 2.53 bits per heavy atom. The van der Waals surface area contributed by atoms with E-state index in [4.69, 9.17) is 0 Å². The van der Waals surface area contributed by atoms with Crippen LogP contribution in [0.2, 0.25) is 0 Å². The van der Waals surface area contributed by atoms with E-state index in [1.807, 2.05) is 30.0 Å². The van der Waals surface area contributed by atoms with Gasteiger partial charge in [-0.15, -0.1) is 0 Å². The second-order valence-corrected chi connectivity index (χ2v) is 6.38. The zero-order chi connectivity index (χ0) is 12.9. The lowest BCUT2D eigenvalue weighted by Crippen LogP contribution is -2.34. The lowest BCUT2D eigenvalue weighted by molar-refractivity contribution is 0.433. The molecule has 0 amide bonds. The molecule has 0 saturated carbocycles. The van der Waals surface area contributed by atoms with Gasteiger partial charge in [-0.25, -0.2) is 0 Å². The summed E-state index contributed by atoms with van der Waals surface area (Å²) in [5, 5.41) is 13.4. The van der Waals surface area contributed by atoms with Gasteiger partial charge in [0.2, 0.25) is 0 Å². The monoisotopic (exact) mass is 253 g/mol. The number of para-hydroxylation sites is 1. The van der Waals surface area contributed by atoms with E-state index in [0.29, 0.717) is 5.75 Å². The number of thioether (sulfide) groups is 1. The lowest BCUT2D eigenvalue weighted by atomic mass is 10.0. The summed E-state index contributed by atoms with van der Waals surface area (Å²) >= 11 is 1.85. The molecule has 0 aromatic heterocycles. The van der Waals surface area contributed by atoms with Crippen molar-refractivity contribution in [2.45, 2.75) is 38.0 Å². The molecule has 0 radical (unpaired) electrons. The second kappa shape index (κ2) is 6.31. The highest BCUT2D eigenvalue weighted by molar-refractivity contribution is 7.99. The van der Waals surface area contributed by atoms with E-state index in [1.165, 1.54) is 0 Å². The van der Waals surface area contributed by atoms with Crippen LogP contribution >= 0.6 is 11.8 Å². The van der Waals surface area contributed by atoms with Gasteiger partial charge in [-0.2, -0.15) is 11.8 Å². The van der Waals surface area contributed by atoms with Crippen LogP contribution in [0.3, 0.4) is 0 Å². The third-order valence-electron chi connectivity index (χ3n) is 3.05. The van der Waals surface area contributed by atoms with Crippen molar-refractivity contribution in [3.8, 4) is 5.75 Å². The Balaban J connectivity index is 2.70. The molecule has 0 spiro atoms. The van der Waals surface area contributed by atoms with Crippen molar-refractivity contribution < 1.29 is 5.11 Å². The summed E-state index contributed by atoms with van der Waals surface area (Å²) in [6, 6.07) is 7.79. The summed E-state index contributed by atoms with van der Waals surface area (Å²) in [7, 11) is 0. The smallest absolute Gasteiger partial charge is 0.120 e. The number of rotatable bonds is 6. The predicted octanol–water partition coefficient (Wildman–Crippen LogP) is 3.57. The van der Waals surface area contributed by atoms with Gasteiger partial charge in [0.25, 0.3) is 0 Å². The highest BCUT2D eigenvalue weighted by Crippen LogP contribution is 2.27. The summed E-state index contributed by atoms with van der Waals surface area (Å²) in [5.74, 6) is 0.383. The van der Waals surface area contributed by atoms with Gasteiger partial charge in [-0.1, -0.05) is 25.1 Å². The van der Waals surface area contributed by atoms with Crippen LogP contribution in [0.15, 0.2) is 24.3 Å². The van der Waals surface area contributed by atoms with Crippen molar-refractivity contribution in [1.29, 1.82) is 0 Å². The van der Waals surface area contributed by atoms with Crippen molar-refractivity contribution in [1.82, 2.24) is 5.32 Å². The maximum absolute atomic E-state index is 9.85. The van der Waals surface area contributed by atoms with E-state index >= 15 is 0 Å². The first-order valence-corrected chi connectivity index (χ1v) is 7.29. The van der Waals surface area contributed by atoms with Crippen LogP contribution < -0.4 is 5.32 Å². The molecule has 0 saturated heterocycles. The molecule has 2 N–H and O–H groups in total. The van der Waals surface area contributed by atoms with E-state index in [-0.39, 0.29) is 10.8 Å². The van der Waals surface area contributed by atoms with Gasteiger partial charge in [0.1, 0.15) is 5.75 Å². The van der Waals surface area contributed by atoms with Gasteiger partial charge in [0.15, 0.2) is 0 Å². The van der Waals surface area contributed by atoms with E-state index in [2.05, 4.69) is 32.3 Å². The zero-order valence-electron chi connectivity index (χ0n) is 11.2. The Kier molecular flexibility index (Phi) is 5.34. The Hall–Kier alpha value is -0.670. The van der Waals surface area contributed by atoms with Crippen molar-refractivity contribution in [3.63, 3.8) is 0 Å². The number of phenolic OH excluding ortho intramolecular Hbond substituents is 1. The maximum Gasteiger partial charge on any atom is 0.120 e. The minimum Gasteiger partial charge on any atom is -0.508 e. The highest BCUT2D eigenvalue weighted by atomic mass is 32.2. The van der Waals surface area contributed by atoms with Gasteiger partial charge in [0, 0.05) is 22.9 Å². The Labute approximate surface area is 109 Å². The molecule has 1 aromatic carbocycles. The molecule has 1 aromatic rings. The molecule has 17 heavy (non-hydrogen) atoms. The fraction of sp³-hybridized carbons (Fsp3) is 0.571. The van der Waals surface area contributed by atoms with Crippen molar-refractivity contribution in [2.24, 2.45) is 0 Å². The molecule has 0 bridgehead atoms. The Morgan fingerprint density at radius 2 is 2.00 bits per heavy atom. The summed E-state index contributed by atoms with van der Waals surface area (Å²) in [4.78, 5) is 0. The summed E-state index contributed by atoms with van der Waals surface area (Å²) in [5.41, 5.74) is 0.993. The fourth-order valence-electron chi connectivity index (χ4n) is 1.70. The van der Waals surface area contributed by atoms with Crippen LogP contribution in [-0.4, -0.2) is 22.7 Å². The van der Waals surface area contributed by atoms with E-state index in [0.717, 1.165) is 18.5 Å². The first-order chi connectivity index (χ1) is 8.00. The normalized spacial score (nSPS) is 13.6. The molecule has 1 unspecified atom stereocenters.